The van der Waals surface area contributed by atoms with Crippen LogP contribution < -0.4 is 15.4 Å². The van der Waals surface area contributed by atoms with Gasteiger partial charge in [-0.2, -0.15) is 0 Å². The number of ether oxygens (including phenoxy) is 2. The molecule has 2 saturated heterocycles. The van der Waals surface area contributed by atoms with Crippen LogP contribution in [-0.2, 0) is 14.3 Å². The highest BCUT2D eigenvalue weighted by molar-refractivity contribution is 5.97. The van der Waals surface area contributed by atoms with Gasteiger partial charge in [-0.1, -0.05) is 30.3 Å². The molecule has 1 aromatic heterocycles. The number of hydrogen-bond acceptors (Lipinski definition) is 8. The fourth-order valence-corrected chi connectivity index (χ4v) is 4.85. The van der Waals surface area contributed by atoms with Crippen LogP contribution in [0.15, 0.2) is 42.5 Å². The van der Waals surface area contributed by atoms with Crippen molar-refractivity contribution in [3.05, 3.63) is 48.2 Å². The topological polar surface area (TPSA) is 150 Å². The molecule has 0 saturated carbocycles. The van der Waals surface area contributed by atoms with Crippen molar-refractivity contribution in [3.63, 3.8) is 0 Å². The Morgan fingerprint density at radius 1 is 1.05 bits per heavy atom. The Kier molecular flexibility index (Phi) is 10.5. The summed E-state index contributed by atoms with van der Waals surface area (Å²) in [7, 11) is 0. The summed E-state index contributed by atoms with van der Waals surface area (Å²) < 4.78 is 11.3. The first-order valence-electron chi connectivity index (χ1n) is 14.0. The fraction of sp³-hybridized carbons (Fsp3) is 0.483. The van der Waals surface area contributed by atoms with Gasteiger partial charge >= 0.3 is 12.1 Å². The van der Waals surface area contributed by atoms with Crippen molar-refractivity contribution in [2.75, 3.05) is 45.9 Å². The molecule has 0 spiro atoms. The number of rotatable bonds is 10. The number of piperazine rings is 1. The van der Waals surface area contributed by atoms with E-state index in [4.69, 9.17) is 9.47 Å². The first kappa shape index (κ1) is 29.8. The molecular formula is C29H37N5O7. The molecule has 2 aliphatic heterocycles. The summed E-state index contributed by atoms with van der Waals surface area (Å²) in [4.78, 5) is 57.9. The Bertz CT molecular complexity index is 1210. The lowest BCUT2D eigenvalue weighted by atomic mass is 10.1. The number of aromatic nitrogens is 1. The third-order valence-electron chi connectivity index (χ3n) is 7.06. The van der Waals surface area contributed by atoms with Crippen molar-refractivity contribution in [2.24, 2.45) is 0 Å². The first-order valence-corrected chi connectivity index (χ1v) is 14.0. The summed E-state index contributed by atoms with van der Waals surface area (Å²) in [6.45, 7) is 4.71. The minimum Gasteiger partial charge on any atom is -0.490 e. The molecule has 3 N–H and O–H groups in total. The quantitative estimate of drug-likeness (QED) is 0.392. The summed E-state index contributed by atoms with van der Waals surface area (Å²) in [5.74, 6) is -1.59. The molecule has 41 heavy (non-hydrogen) atoms. The number of nitrogens with zero attached hydrogens (tertiary/aromatic N) is 3. The Morgan fingerprint density at radius 2 is 1.73 bits per heavy atom. The predicted octanol–water partition coefficient (Wildman–Crippen LogP) is 2.14. The minimum absolute atomic E-state index is 0.00338. The largest absolute Gasteiger partial charge is 0.490 e. The van der Waals surface area contributed by atoms with E-state index in [1.165, 1.54) is 9.80 Å². The van der Waals surface area contributed by atoms with Crippen molar-refractivity contribution in [1.82, 2.24) is 25.4 Å². The number of nitrogens with one attached hydrogen (secondary N) is 2. The monoisotopic (exact) mass is 567 g/mol. The second-order valence-corrected chi connectivity index (χ2v) is 9.98. The molecule has 3 amide bonds. The molecule has 0 aliphatic carbocycles. The van der Waals surface area contributed by atoms with Crippen molar-refractivity contribution >= 4 is 23.9 Å². The van der Waals surface area contributed by atoms with Gasteiger partial charge in [0.15, 0.2) is 0 Å². The van der Waals surface area contributed by atoms with Gasteiger partial charge in [0.05, 0.1) is 12.3 Å². The number of piperidine rings is 1. The van der Waals surface area contributed by atoms with Gasteiger partial charge < -0.3 is 35.0 Å². The highest BCUT2D eigenvalue weighted by atomic mass is 16.6. The standard InChI is InChI=1S/C29H37N5O7/c1-2-40-29(39)34-16-14-33(15-17-34)28(38)23(8-9-26(35)36)32-27(37)25-19-22(41-21-10-12-30-13-11-21)18-24(31-25)20-6-4-3-5-7-20/h3-7,18-19,21,23,30H,2,8-17H2,1H3,(H,32,37)(H,35,36)/t23-/m0/s1. The van der Waals surface area contributed by atoms with Crippen LogP contribution in [0.1, 0.15) is 43.1 Å². The van der Waals surface area contributed by atoms with E-state index in [2.05, 4.69) is 15.6 Å². The van der Waals surface area contributed by atoms with Gasteiger partial charge in [-0.05, 0) is 39.3 Å². The maximum absolute atomic E-state index is 13.5. The molecule has 2 aliphatic rings. The lowest BCUT2D eigenvalue weighted by Gasteiger charge is -2.35. The Hall–Kier alpha value is -4.19. The second kappa shape index (κ2) is 14.4. The van der Waals surface area contributed by atoms with Gasteiger partial charge in [-0.15, -0.1) is 0 Å². The Balaban J connectivity index is 1.52. The maximum Gasteiger partial charge on any atom is 0.409 e. The third-order valence-corrected chi connectivity index (χ3v) is 7.06. The van der Waals surface area contributed by atoms with Crippen LogP contribution in [0.25, 0.3) is 11.3 Å². The molecule has 4 rings (SSSR count). The lowest BCUT2D eigenvalue weighted by molar-refractivity contribution is -0.138. The maximum atomic E-state index is 13.5. The van der Waals surface area contributed by atoms with Crippen LogP contribution in [0.2, 0.25) is 0 Å². The van der Waals surface area contributed by atoms with E-state index in [1.807, 2.05) is 30.3 Å². The molecular weight excluding hydrogens is 530 g/mol. The van der Waals surface area contributed by atoms with E-state index in [0.29, 0.717) is 11.4 Å². The number of pyridine rings is 1. The number of carbonyl (C=O) groups excluding carboxylic acids is 3. The normalized spacial score (nSPS) is 16.5. The third kappa shape index (κ3) is 8.40. The predicted molar refractivity (Wildman–Crippen MR) is 149 cm³/mol. The zero-order chi connectivity index (χ0) is 29.2. The van der Waals surface area contributed by atoms with Gasteiger partial charge in [-0.25, -0.2) is 9.78 Å². The van der Waals surface area contributed by atoms with E-state index in [0.717, 1.165) is 31.5 Å². The number of carboxylic acid groups (broad SMARTS) is 1. The van der Waals surface area contributed by atoms with Gasteiger partial charge in [0.25, 0.3) is 5.91 Å². The highest BCUT2D eigenvalue weighted by Gasteiger charge is 2.31. The molecule has 0 bridgehead atoms. The summed E-state index contributed by atoms with van der Waals surface area (Å²) in [5, 5.41) is 15.3. The second-order valence-electron chi connectivity index (χ2n) is 9.98. The number of aliphatic carboxylic acids is 1. The molecule has 1 aromatic carbocycles. The molecule has 1 atom stereocenters. The van der Waals surface area contributed by atoms with Gasteiger partial charge in [-0.3, -0.25) is 14.4 Å². The molecule has 220 valence electrons. The molecule has 12 heteroatoms. The smallest absolute Gasteiger partial charge is 0.409 e. The summed E-state index contributed by atoms with van der Waals surface area (Å²) in [5.41, 5.74) is 1.41. The van der Waals surface area contributed by atoms with Gasteiger partial charge in [0, 0.05) is 50.3 Å². The first-order chi connectivity index (χ1) is 19.8. The Morgan fingerprint density at radius 3 is 2.39 bits per heavy atom. The minimum atomic E-state index is -1.08. The number of carbonyl (C=O) groups is 4. The Labute approximate surface area is 239 Å². The van der Waals surface area contributed by atoms with E-state index in [-0.39, 0.29) is 57.4 Å². The van der Waals surface area contributed by atoms with Crippen LogP contribution in [0, 0.1) is 0 Å². The highest BCUT2D eigenvalue weighted by Crippen LogP contribution is 2.25. The SMILES string of the molecule is CCOC(=O)N1CCN(C(=O)[C@H](CCC(=O)O)NC(=O)c2cc(OC3CCNCC3)cc(-c3ccccc3)n2)CC1. The summed E-state index contributed by atoms with van der Waals surface area (Å²) in [6, 6.07) is 11.7. The van der Waals surface area contributed by atoms with Crippen molar-refractivity contribution in [3.8, 4) is 17.0 Å². The number of benzene rings is 1. The molecule has 12 nitrogen and oxygen atoms in total. The van der Waals surface area contributed by atoms with Crippen LogP contribution in [0.3, 0.4) is 0 Å². The van der Waals surface area contributed by atoms with Crippen LogP contribution in [0.5, 0.6) is 5.75 Å². The fourth-order valence-electron chi connectivity index (χ4n) is 4.85. The average molecular weight is 568 g/mol. The van der Waals surface area contributed by atoms with Crippen LogP contribution >= 0.6 is 0 Å². The average Bonchev–Trinajstić information content (AvgIpc) is 2.99. The number of amides is 3. The zero-order valence-corrected chi connectivity index (χ0v) is 23.2. The zero-order valence-electron chi connectivity index (χ0n) is 23.2. The molecule has 2 fully saturated rings. The summed E-state index contributed by atoms with van der Waals surface area (Å²) in [6.07, 6.45) is 0.827. The molecule has 0 unspecified atom stereocenters. The molecule has 2 aromatic rings. The van der Waals surface area contributed by atoms with E-state index in [1.54, 1.807) is 19.1 Å². The lowest BCUT2D eigenvalue weighted by Crippen LogP contribution is -2.56. The van der Waals surface area contributed by atoms with Gasteiger partial charge in [0.1, 0.15) is 23.6 Å². The molecule has 0 radical (unpaired) electrons. The number of carboxylic acids is 1. The van der Waals surface area contributed by atoms with E-state index >= 15 is 0 Å². The van der Waals surface area contributed by atoms with Gasteiger partial charge in [0.2, 0.25) is 5.91 Å². The van der Waals surface area contributed by atoms with Crippen LogP contribution in [0.4, 0.5) is 4.79 Å². The van der Waals surface area contributed by atoms with E-state index < -0.39 is 29.9 Å². The van der Waals surface area contributed by atoms with Crippen molar-refractivity contribution in [1.29, 1.82) is 0 Å². The van der Waals surface area contributed by atoms with Crippen LogP contribution in [-0.4, -0.2) is 102 Å². The summed E-state index contributed by atoms with van der Waals surface area (Å²) >= 11 is 0. The van der Waals surface area contributed by atoms with Crippen molar-refractivity contribution in [2.45, 2.75) is 44.8 Å². The van der Waals surface area contributed by atoms with E-state index in [9.17, 15) is 24.3 Å². The molecule has 3 heterocycles. The van der Waals surface area contributed by atoms with Crippen molar-refractivity contribution < 1.29 is 33.8 Å². The number of hydrogen-bond donors (Lipinski definition) is 3.